The third-order valence-electron chi connectivity index (χ3n) is 1.22. The van der Waals surface area contributed by atoms with Crippen LogP contribution in [0.3, 0.4) is 0 Å². The van der Waals surface area contributed by atoms with Gasteiger partial charge in [-0.15, -0.1) is 0 Å². The summed E-state index contributed by atoms with van der Waals surface area (Å²) in [5.74, 6) is 0. The molecule has 0 spiro atoms. The molecule has 0 aliphatic rings. The van der Waals surface area contributed by atoms with E-state index in [1.54, 1.807) is 0 Å². The zero-order valence-electron chi connectivity index (χ0n) is 5.81. The summed E-state index contributed by atoms with van der Waals surface area (Å²) in [4.78, 5) is 0. The topological polar surface area (TPSA) is 46.2 Å². The molecule has 0 radical (unpaired) electrons. The fourth-order valence-electron chi connectivity index (χ4n) is 0.354. The summed E-state index contributed by atoms with van der Waals surface area (Å²) in [5, 5.41) is 9.07. The van der Waals surface area contributed by atoms with Crippen LogP contribution in [-0.2, 0) is 0 Å². The van der Waals surface area contributed by atoms with E-state index >= 15 is 0 Å². The molecule has 2 nitrogen and oxygen atoms in total. The maximum absolute atomic E-state index is 9.07. The van der Waals surface area contributed by atoms with Gasteiger partial charge in [-0.1, -0.05) is 20.8 Å². The first-order valence-corrected chi connectivity index (χ1v) is 2.86. The van der Waals surface area contributed by atoms with Crippen molar-refractivity contribution < 1.29 is 5.11 Å². The zero-order valence-corrected chi connectivity index (χ0v) is 5.81. The molecule has 1 unspecified atom stereocenters. The largest absolute Gasteiger partial charge is 0.391 e. The summed E-state index contributed by atoms with van der Waals surface area (Å²) in [6.07, 6.45) is -0.373. The summed E-state index contributed by atoms with van der Waals surface area (Å²) in [5.41, 5.74) is 5.15. The van der Waals surface area contributed by atoms with Crippen molar-refractivity contribution in [3.05, 3.63) is 0 Å². The van der Waals surface area contributed by atoms with E-state index in [1.165, 1.54) is 0 Å². The van der Waals surface area contributed by atoms with Gasteiger partial charge in [0, 0.05) is 6.54 Å². The molecule has 1 atom stereocenters. The van der Waals surface area contributed by atoms with Crippen molar-refractivity contribution in [1.82, 2.24) is 0 Å². The second-order valence-corrected chi connectivity index (χ2v) is 3.12. The van der Waals surface area contributed by atoms with Crippen molar-refractivity contribution in [1.29, 1.82) is 0 Å². The van der Waals surface area contributed by atoms with Crippen molar-refractivity contribution in [3.63, 3.8) is 0 Å². The van der Waals surface area contributed by atoms with Crippen LogP contribution >= 0.6 is 0 Å². The van der Waals surface area contributed by atoms with E-state index in [4.69, 9.17) is 10.8 Å². The van der Waals surface area contributed by atoms with Crippen LogP contribution < -0.4 is 5.73 Å². The third kappa shape index (κ3) is 2.28. The van der Waals surface area contributed by atoms with Crippen molar-refractivity contribution in [2.75, 3.05) is 6.54 Å². The Morgan fingerprint density at radius 1 is 1.50 bits per heavy atom. The molecule has 3 N–H and O–H groups in total. The van der Waals surface area contributed by atoms with E-state index < -0.39 is 0 Å². The van der Waals surface area contributed by atoms with E-state index in [9.17, 15) is 0 Å². The molecule has 0 fully saturated rings. The molecule has 0 aliphatic carbocycles. The molecule has 0 saturated heterocycles. The quantitative estimate of drug-likeness (QED) is 0.520. The van der Waals surface area contributed by atoms with E-state index in [0.717, 1.165) is 0 Å². The lowest BCUT2D eigenvalue weighted by atomic mass is 9.89. The first-order valence-electron chi connectivity index (χ1n) is 2.86. The second kappa shape index (κ2) is 2.46. The minimum atomic E-state index is -0.373. The summed E-state index contributed by atoms with van der Waals surface area (Å²) >= 11 is 0. The van der Waals surface area contributed by atoms with Gasteiger partial charge in [0.15, 0.2) is 0 Å². The van der Waals surface area contributed by atoms with Gasteiger partial charge >= 0.3 is 0 Å². The van der Waals surface area contributed by atoms with Gasteiger partial charge in [0.05, 0.1) is 6.10 Å². The lowest BCUT2D eigenvalue weighted by Crippen LogP contribution is -2.33. The van der Waals surface area contributed by atoms with E-state index in [0.29, 0.717) is 6.54 Å². The predicted octanol–water partition coefficient (Wildman–Crippen LogP) is 0.352. The Morgan fingerprint density at radius 2 is 1.88 bits per heavy atom. The van der Waals surface area contributed by atoms with Crippen molar-refractivity contribution in [2.45, 2.75) is 26.9 Å². The fraction of sp³-hybridized carbons (Fsp3) is 1.00. The normalized spacial score (nSPS) is 16.1. The molecule has 0 rings (SSSR count). The monoisotopic (exact) mass is 117 g/mol. The Hall–Kier alpha value is -0.0800. The Labute approximate surface area is 50.7 Å². The van der Waals surface area contributed by atoms with Gasteiger partial charge in [0.25, 0.3) is 0 Å². The van der Waals surface area contributed by atoms with Crippen LogP contribution in [0.2, 0.25) is 0 Å². The molecule has 0 heterocycles. The maximum atomic E-state index is 9.07. The number of aliphatic hydroxyl groups excluding tert-OH is 1. The molecule has 2 heteroatoms. The molecule has 0 aromatic carbocycles. The van der Waals surface area contributed by atoms with E-state index in [-0.39, 0.29) is 11.5 Å². The molecule has 50 valence electrons. The highest BCUT2D eigenvalue weighted by molar-refractivity contribution is 4.72. The molecule has 0 aliphatic heterocycles. The first kappa shape index (κ1) is 7.92. The number of rotatable bonds is 1. The Balaban J connectivity index is 3.62. The van der Waals surface area contributed by atoms with Crippen LogP contribution in [0.25, 0.3) is 0 Å². The summed E-state index contributed by atoms with van der Waals surface area (Å²) in [6, 6.07) is 0. The minimum absolute atomic E-state index is 0.0608. The number of nitrogens with two attached hydrogens (primary N) is 1. The van der Waals surface area contributed by atoms with Gasteiger partial charge in [0.2, 0.25) is 0 Å². The second-order valence-electron chi connectivity index (χ2n) is 3.12. The van der Waals surface area contributed by atoms with Gasteiger partial charge in [-0.3, -0.25) is 0 Å². The van der Waals surface area contributed by atoms with Crippen molar-refractivity contribution >= 4 is 0 Å². The molecule has 0 aromatic heterocycles. The third-order valence-corrected chi connectivity index (χ3v) is 1.22. The number of hydrogen-bond acceptors (Lipinski definition) is 2. The Morgan fingerprint density at radius 3 is 1.88 bits per heavy atom. The van der Waals surface area contributed by atoms with Crippen LogP contribution in [0.5, 0.6) is 0 Å². The zero-order chi connectivity index (χ0) is 6.78. The summed E-state index contributed by atoms with van der Waals surface area (Å²) < 4.78 is 0. The van der Waals surface area contributed by atoms with E-state index in [1.807, 2.05) is 20.8 Å². The van der Waals surface area contributed by atoms with Gasteiger partial charge in [-0.05, 0) is 5.41 Å². The SMILES string of the molecule is CC(C)(C)C(O)CN. The highest BCUT2D eigenvalue weighted by atomic mass is 16.3. The van der Waals surface area contributed by atoms with Crippen molar-refractivity contribution in [3.8, 4) is 0 Å². The fourth-order valence-corrected chi connectivity index (χ4v) is 0.354. The molecule has 0 aromatic rings. The predicted molar refractivity (Wildman–Crippen MR) is 34.5 cm³/mol. The van der Waals surface area contributed by atoms with E-state index in [2.05, 4.69) is 0 Å². The highest BCUT2D eigenvalue weighted by Crippen LogP contribution is 2.17. The maximum Gasteiger partial charge on any atom is 0.0710 e. The molecule has 8 heavy (non-hydrogen) atoms. The average molecular weight is 117 g/mol. The first-order chi connectivity index (χ1) is 3.48. The van der Waals surface area contributed by atoms with Crippen LogP contribution in [0.4, 0.5) is 0 Å². The van der Waals surface area contributed by atoms with Crippen LogP contribution in [0, 0.1) is 5.41 Å². The van der Waals surface area contributed by atoms with Gasteiger partial charge in [-0.2, -0.15) is 0 Å². The molecule has 0 amide bonds. The van der Waals surface area contributed by atoms with Gasteiger partial charge < -0.3 is 10.8 Å². The molecule has 0 saturated carbocycles. The molecule has 0 bridgehead atoms. The van der Waals surface area contributed by atoms with Crippen LogP contribution in [0.1, 0.15) is 20.8 Å². The standard InChI is InChI=1S/C6H15NO/c1-6(2,3)5(8)4-7/h5,8H,4,7H2,1-3H3. The Bertz CT molecular complexity index is 65.4. The van der Waals surface area contributed by atoms with Crippen LogP contribution in [-0.4, -0.2) is 17.8 Å². The highest BCUT2D eigenvalue weighted by Gasteiger charge is 2.19. The molecular formula is C6H15NO. The molecular weight excluding hydrogens is 102 g/mol. The summed E-state index contributed by atoms with van der Waals surface area (Å²) in [6.45, 7) is 6.24. The Kier molecular flexibility index (Phi) is 2.44. The van der Waals surface area contributed by atoms with Gasteiger partial charge in [0.1, 0.15) is 0 Å². The van der Waals surface area contributed by atoms with Crippen molar-refractivity contribution in [2.24, 2.45) is 11.1 Å². The summed E-state index contributed by atoms with van der Waals surface area (Å²) in [7, 11) is 0. The number of aliphatic hydroxyl groups is 1. The number of hydrogen-bond donors (Lipinski definition) is 2. The smallest absolute Gasteiger partial charge is 0.0710 e. The average Bonchev–Trinajstić information content (AvgIpc) is 1.62. The lowest BCUT2D eigenvalue weighted by Gasteiger charge is -2.23. The lowest BCUT2D eigenvalue weighted by molar-refractivity contribution is 0.0709. The minimum Gasteiger partial charge on any atom is -0.391 e. The van der Waals surface area contributed by atoms with Gasteiger partial charge in [-0.25, -0.2) is 0 Å². The van der Waals surface area contributed by atoms with Crippen LogP contribution in [0.15, 0.2) is 0 Å².